The molecule has 0 atom stereocenters. The maximum Gasteiger partial charge on any atom is 0.279 e. The number of nitrogens with two attached hydrogens (primary N) is 1. The van der Waals surface area contributed by atoms with Crippen LogP contribution in [0.4, 0.5) is 11.4 Å². The molecule has 2 aromatic heterocycles. The molecule has 230 valence electrons. The van der Waals surface area contributed by atoms with Crippen molar-refractivity contribution < 1.29 is 24.1 Å². The summed E-state index contributed by atoms with van der Waals surface area (Å²) in [5.41, 5.74) is 13.0. The summed E-state index contributed by atoms with van der Waals surface area (Å²) in [5.74, 6) is 1.08. The Hall–Kier alpha value is -5.52. The third-order valence-electron chi connectivity index (χ3n) is 6.09. The average Bonchev–Trinajstić information content (AvgIpc) is 2.97. The summed E-state index contributed by atoms with van der Waals surface area (Å²) >= 11 is 0. The van der Waals surface area contributed by atoms with Crippen molar-refractivity contribution in [2.75, 3.05) is 20.0 Å². The Labute approximate surface area is 256 Å². The maximum absolute atomic E-state index is 11.1. The van der Waals surface area contributed by atoms with E-state index in [1.54, 1.807) is 31.5 Å². The highest BCUT2D eigenvalue weighted by Crippen LogP contribution is 2.29. The molecule has 0 spiro atoms. The zero-order chi connectivity index (χ0) is 32.1. The molecule has 12 nitrogen and oxygen atoms in total. The third-order valence-corrected chi connectivity index (χ3v) is 6.09. The number of oxime groups is 2. The fourth-order valence-electron chi connectivity index (χ4n) is 4.25. The number of aryl methyl sites for hydroxylation is 4. The van der Waals surface area contributed by atoms with Gasteiger partial charge in [0.15, 0.2) is 6.61 Å². The lowest BCUT2D eigenvalue weighted by molar-refractivity contribution is -0.386. The average molecular weight is 601 g/mol. The van der Waals surface area contributed by atoms with Gasteiger partial charge in [-0.15, -0.1) is 0 Å². The minimum Gasteiger partial charge on any atom is -0.496 e. The first-order valence-electron chi connectivity index (χ1n) is 13.5. The molecule has 0 radical (unpaired) electrons. The van der Waals surface area contributed by atoms with E-state index in [2.05, 4.69) is 20.3 Å². The number of nitro benzene ring substituents is 1. The second-order valence-electron chi connectivity index (χ2n) is 9.68. The normalized spacial score (nSPS) is 10.8. The van der Waals surface area contributed by atoms with Crippen LogP contribution in [0.3, 0.4) is 0 Å². The van der Waals surface area contributed by atoms with Crippen molar-refractivity contribution in [2.45, 2.75) is 40.9 Å². The Morgan fingerprint density at radius 2 is 1.25 bits per heavy atom. The predicted octanol–water partition coefficient (Wildman–Crippen LogP) is 6.01. The summed E-state index contributed by atoms with van der Waals surface area (Å²) in [6.07, 6.45) is 3.06. The highest BCUT2D eigenvalue weighted by molar-refractivity contribution is 5.77. The second kappa shape index (κ2) is 16.2. The van der Waals surface area contributed by atoms with E-state index in [0.717, 1.165) is 33.8 Å². The molecule has 0 saturated heterocycles. The van der Waals surface area contributed by atoms with Crippen LogP contribution in [-0.2, 0) is 22.9 Å². The summed E-state index contributed by atoms with van der Waals surface area (Å²) in [5, 5.41) is 18.8. The van der Waals surface area contributed by atoms with E-state index in [9.17, 15) is 10.1 Å². The van der Waals surface area contributed by atoms with Crippen molar-refractivity contribution >= 4 is 23.8 Å². The van der Waals surface area contributed by atoms with Crippen LogP contribution in [0, 0.1) is 37.8 Å². The fourth-order valence-corrected chi connectivity index (χ4v) is 4.25. The zero-order valence-corrected chi connectivity index (χ0v) is 25.6. The summed E-state index contributed by atoms with van der Waals surface area (Å²) in [6.45, 7) is 8.00. The van der Waals surface area contributed by atoms with Crippen LogP contribution in [0.5, 0.6) is 11.5 Å². The molecule has 44 heavy (non-hydrogen) atoms. The van der Waals surface area contributed by atoms with E-state index >= 15 is 0 Å². The van der Waals surface area contributed by atoms with Gasteiger partial charge >= 0.3 is 0 Å². The molecular weight excluding hydrogens is 564 g/mol. The number of benzene rings is 2. The van der Waals surface area contributed by atoms with Gasteiger partial charge in [0, 0.05) is 23.1 Å². The number of hydrogen-bond acceptors (Lipinski definition) is 11. The van der Waals surface area contributed by atoms with E-state index in [1.165, 1.54) is 19.4 Å². The monoisotopic (exact) mass is 600 g/mol. The molecule has 2 heterocycles. The first kappa shape index (κ1) is 33.0. The number of methoxy groups -OCH3 is 2. The molecule has 0 unspecified atom stereocenters. The number of nitrogens with zero attached hydrogens (tertiary/aromatic N) is 5. The van der Waals surface area contributed by atoms with Crippen LogP contribution in [0.25, 0.3) is 0 Å². The second-order valence-corrected chi connectivity index (χ2v) is 9.68. The van der Waals surface area contributed by atoms with Gasteiger partial charge in [0.05, 0.1) is 48.5 Å². The molecule has 0 aliphatic carbocycles. The van der Waals surface area contributed by atoms with Crippen LogP contribution >= 0.6 is 0 Å². The standard InChI is InChI=1S/C16H17N3O4.C16H19N3O2/c1-11-7-12(2)18-13(8-11)9-17-23-10-14-15(19(20)21)5-4-6-16(14)22-3;1-11-7-12(2)19-13(8-11)9-18-21-10-14-15(17)5-4-6-16(14)20-3/h4-9H,10H2,1-3H3;4-9H,10,17H2,1-3H3/b17-9+;18-9+. The van der Waals surface area contributed by atoms with E-state index in [1.807, 2.05) is 64.1 Å². The number of ether oxygens (including phenoxy) is 2. The highest BCUT2D eigenvalue weighted by atomic mass is 16.6. The maximum atomic E-state index is 11.1. The van der Waals surface area contributed by atoms with Gasteiger partial charge in [0.25, 0.3) is 5.69 Å². The Bertz CT molecular complexity index is 1600. The third kappa shape index (κ3) is 9.79. The Kier molecular flexibility index (Phi) is 12.1. The predicted molar refractivity (Wildman–Crippen MR) is 169 cm³/mol. The summed E-state index contributed by atoms with van der Waals surface area (Å²) in [4.78, 5) is 29.7. The molecular formula is C32H36N6O6. The van der Waals surface area contributed by atoms with Gasteiger partial charge < -0.3 is 24.9 Å². The molecule has 2 N–H and O–H groups in total. The Balaban J connectivity index is 0.000000241. The quantitative estimate of drug-likeness (QED) is 0.0943. The van der Waals surface area contributed by atoms with E-state index in [0.29, 0.717) is 28.4 Å². The molecule has 0 saturated carbocycles. The van der Waals surface area contributed by atoms with Crippen molar-refractivity contribution in [1.29, 1.82) is 0 Å². The molecule has 0 amide bonds. The van der Waals surface area contributed by atoms with Crippen LogP contribution in [0.1, 0.15) is 45.0 Å². The van der Waals surface area contributed by atoms with Gasteiger partial charge in [0.1, 0.15) is 23.7 Å². The van der Waals surface area contributed by atoms with Gasteiger partial charge in [-0.1, -0.05) is 22.4 Å². The SMILES string of the molecule is COc1cccc(N)c1CO/N=C/c1cc(C)cc(C)n1.COc1cccc([N+](=O)[O-])c1CO/N=C/c1cc(C)cc(C)n1. The smallest absolute Gasteiger partial charge is 0.279 e. The number of pyridine rings is 2. The van der Waals surface area contributed by atoms with Crippen LogP contribution in [0.2, 0.25) is 0 Å². The molecule has 4 aromatic rings. The van der Waals surface area contributed by atoms with Crippen molar-refractivity contribution in [2.24, 2.45) is 10.3 Å². The molecule has 12 heteroatoms. The molecule has 4 rings (SSSR count). The number of hydrogen-bond donors (Lipinski definition) is 1. The molecule has 0 fully saturated rings. The first-order valence-corrected chi connectivity index (χ1v) is 13.5. The zero-order valence-electron chi connectivity index (χ0n) is 25.6. The van der Waals surface area contributed by atoms with Gasteiger partial charge in [-0.25, -0.2) is 0 Å². The number of nitro groups is 1. The molecule has 0 aliphatic heterocycles. The number of aromatic nitrogens is 2. The Morgan fingerprint density at radius 3 is 1.73 bits per heavy atom. The largest absolute Gasteiger partial charge is 0.496 e. The van der Waals surface area contributed by atoms with Crippen molar-refractivity contribution in [3.8, 4) is 11.5 Å². The van der Waals surface area contributed by atoms with Gasteiger partial charge in [0.2, 0.25) is 0 Å². The Morgan fingerprint density at radius 1 is 0.773 bits per heavy atom. The van der Waals surface area contributed by atoms with Gasteiger partial charge in [-0.3, -0.25) is 20.1 Å². The lowest BCUT2D eigenvalue weighted by Crippen LogP contribution is -2.00. The van der Waals surface area contributed by atoms with Crippen molar-refractivity contribution in [1.82, 2.24) is 9.97 Å². The molecule has 2 aromatic carbocycles. The minimum atomic E-state index is -0.476. The number of nitrogen functional groups attached to an aromatic ring is 1. The van der Waals surface area contributed by atoms with Gasteiger partial charge in [-0.05, 0) is 81.3 Å². The highest BCUT2D eigenvalue weighted by Gasteiger charge is 2.18. The van der Waals surface area contributed by atoms with E-state index in [-0.39, 0.29) is 18.9 Å². The summed E-state index contributed by atoms with van der Waals surface area (Å²) < 4.78 is 10.4. The van der Waals surface area contributed by atoms with E-state index in [4.69, 9.17) is 24.9 Å². The number of rotatable bonds is 11. The van der Waals surface area contributed by atoms with Gasteiger partial charge in [-0.2, -0.15) is 0 Å². The number of anilines is 1. The van der Waals surface area contributed by atoms with Crippen LogP contribution in [0.15, 0.2) is 71.0 Å². The van der Waals surface area contributed by atoms with Crippen molar-refractivity contribution in [3.63, 3.8) is 0 Å². The van der Waals surface area contributed by atoms with E-state index < -0.39 is 4.92 Å². The fraction of sp³-hybridized carbons (Fsp3) is 0.250. The first-order chi connectivity index (χ1) is 21.1. The lowest BCUT2D eigenvalue weighted by Gasteiger charge is -2.09. The van der Waals surface area contributed by atoms with Crippen LogP contribution < -0.4 is 15.2 Å². The minimum absolute atomic E-state index is 0.0657. The lowest BCUT2D eigenvalue weighted by atomic mass is 10.1. The van der Waals surface area contributed by atoms with Crippen LogP contribution in [-0.4, -0.2) is 41.5 Å². The summed E-state index contributed by atoms with van der Waals surface area (Å²) in [7, 11) is 3.05. The van der Waals surface area contributed by atoms with Crippen molar-refractivity contribution in [3.05, 3.63) is 116 Å². The topological polar surface area (TPSA) is 157 Å². The molecule has 0 aliphatic rings. The summed E-state index contributed by atoms with van der Waals surface area (Å²) in [6, 6.07) is 17.8. The molecule has 0 bridgehead atoms.